The van der Waals surface area contributed by atoms with Crippen LogP contribution in [0.15, 0.2) is 146 Å². The van der Waals surface area contributed by atoms with Gasteiger partial charge in [0, 0.05) is 50.2 Å². The summed E-state index contributed by atoms with van der Waals surface area (Å²) in [7, 11) is 3.22. The van der Waals surface area contributed by atoms with E-state index in [1.54, 1.807) is 14.2 Å². The minimum atomic E-state index is -1.46. The molecule has 0 amide bonds. The maximum Gasteiger partial charge on any atom is 0.178 e. The maximum absolute atomic E-state index is 15.3. The Morgan fingerprint density at radius 1 is 0.559 bits per heavy atom. The maximum atomic E-state index is 15.3. The summed E-state index contributed by atoms with van der Waals surface area (Å²) in [5.74, 6) is 1.79. The molecule has 8 heteroatoms. The van der Waals surface area contributed by atoms with Crippen molar-refractivity contribution < 1.29 is 23.0 Å². The molecule has 10 rings (SSSR count). The summed E-state index contributed by atoms with van der Waals surface area (Å²) in [6.07, 6.45) is 3.96. The van der Waals surface area contributed by atoms with E-state index < -0.39 is 22.7 Å². The molecule has 1 atom stereocenters. The predicted octanol–water partition coefficient (Wildman–Crippen LogP) is 12.0. The molecule has 1 aliphatic carbocycles. The van der Waals surface area contributed by atoms with Gasteiger partial charge in [-0.1, -0.05) is 129 Å². The molecule has 0 fully saturated rings. The van der Waals surface area contributed by atoms with Gasteiger partial charge in [0.05, 0.1) is 14.2 Å². The van der Waals surface area contributed by atoms with Gasteiger partial charge in [0.2, 0.25) is 0 Å². The van der Waals surface area contributed by atoms with Crippen LogP contribution >= 0.6 is 0 Å². The highest BCUT2D eigenvalue weighted by Gasteiger charge is 2.45. The van der Waals surface area contributed by atoms with Crippen LogP contribution in [0.5, 0.6) is 17.2 Å². The summed E-state index contributed by atoms with van der Waals surface area (Å²) in [6, 6.07) is 43.1. The Morgan fingerprint density at radius 2 is 1.08 bits per heavy atom. The fourth-order valence-corrected chi connectivity index (χ4v) is 8.83. The Hall–Kier alpha value is -7.19. The van der Waals surface area contributed by atoms with Crippen molar-refractivity contribution in [2.24, 2.45) is 0 Å². The Labute approximate surface area is 340 Å². The van der Waals surface area contributed by atoms with Crippen LogP contribution in [0.25, 0.3) is 62.1 Å². The summed E-state index contributed by atoms with van der Waals surface area (Å²) in [6.45, 7) is 4.43. The second kappa shape index (κ2) is 13.7. The Morgan fingerprint density at radius 3 is 1.66 bits per heavy atom. The normalized spacial score (nSPS) is 15.9. The van der Waals surface area contributed by atoms with Gasteiger partial charge in [-0.25, -0.2) is 23.7 Å². The first-order chi connectivity index (χ1) is 28.7. The van der Waals surface area contributed by atoms with E-state index in [0.717, 1.165) is 55.8 Å². The molecule has 1 aromatic heterocycles. The number of rotatable bonds is 7. The van der Waals surface area contributed by atoms with E-state index in [9.17, 15) is 0 Å². The van der Waals surface area contributed by atoms with Crippen LogP contribution in [0, 0.1) is 11.6 Å². The van der Waals surface area contributed by atoms with Crippen molar-refractivity contribution in [2.75, 3.05) is 14.2 Å². The van der Waals surface area contributed by atoms with E-state index in [2.05, 4.69) is 38.1 Å². The van der Waals surface area contributed by atoms with E-state index in [1.807, 2.05) is 109 Å². The largest absolute Gasteiger partial charge is 0.493 e. The minimum Gasteiger partial charge on any atom is -0.493 e. The number of hydrogen-bond donors (Lipinski definition) is 0. The van der Waals surface area contributed by atoms with Gasteiger partial charge < -0.3 is 14.2 Å². The molecule has 6 nitrogen and oxygen atoms in total. The summed E-state index contributed by atoms with van der Waals surface area (Å²) in [5.41, 5.74) is 6.91. The molecular formula is C51H37F2N3O3. The van der Waals surface area contributed by atoms with Gasteiger partial charge in [-0.15, -0.1) is 0 Å². The van der Waals surface area contributed by atoms with Crippen LogP contribution in [-0.4, -0.2) is 29.2 Å². The average Bonchev–Trinajstić information content (AvgIpc) is 3.52. The number of aromatic nitrogens is 3. The summed E-state index contributed by atoms with van der Waals surface area (Å²) >= 11 is 0. The first kappa shape index (κ1) is 36.2. The van der Waals surface area contributed by atoms with Gasteiger partial charge in [0.25, 0.3) is 0 Å². The smallest absolute Gasteiger partial charge is 0.178 e. The second-order valence-corrected chi connectivity index (χ2v) is 15.4. The van der Waals surface area contributed by atoms with Gasteiger partial charge in [-0.3, -0.25) is 0 Å². The van der Waals surface area contributed by atoms with Gasteiger partial charge in [0.1, 0.15) is 17.4 Å². The Balaban J connectivity index is 1.18. The highest BCUT2D eigenvalue weighted by molar-refractivity contribution is 6.09. The lowest BCUT2D eigenvalue weighted by Crippen LogP contribution is -2.35. The molecule has 0 radical (unpaired) electrons. The van der Waals surface area contributed by atoms with Gasteiger partial charge >= 0.3 is 0 Å². The molecule has 2 heterocycles. The lowest BCUT2D eigenvalue weighted by Gasteiger charge is -2.38. The Bertz CT molecular complexity index is 2910. The van der Waals surface area contributed by atoms with Gasteiger partial charge in [0.15, 0.2) is 34.6 Å². The highest BCUT2D eigenvalue weighted by Crippen LogP contribution is 2.59. The van der Waals surface area contributed by atoms with E-state index in [0.29, 0.717) is 45.8 Å². The number of hydrogen-bond acceptors (Lipinski definition) is 6. The van der Waals surface area contributed by atoms with Crippen molar-refractivity contribution in [3.8, 4) is 62.5 Å². The highest BCUT2D eigenvalue weighted by atomic mass is 19.1. The number of nitrogens with zero attached hydrogens (tertiary/aromatic N) is 3. The van der Waals surface area contributed by atoms with E-state index in [-0.39, 0.29) is 0 Å². The van der Waals surface area contributed by atoms with Crippen molar-refractivity contribution in [1.82, 2.24) is 15.0 Å². The van der Waals surface area contributed by atoms with Gasteiger partial charge in [-0.2, -0.15) is 0 Å². The molecular weight excluding hydrogens is 741 g/mol. The lowest BCUT2D eigenvalue weighted by atomic mass is 9.76. The zero-order valence-corrected chi connectivity index (χ0v) is 32.8. The van der Waals surface area contributed by atoms with Crippen molar-refractivity contribution in [3.63, 3.8) is 0 Å². The SMILES string of the molecule is COc1cc2c3c(c4c(c2cc1OC)-c1ccccc1C4(C)C)C=CC(c1ccc(-c2nc(-c4ccccc4)nc(-c4ccccc4)n2)cc1)(c1cc(F)cc(F)c1)O3. The van der Waals surface area contributed by atoms with Crippen molar-refractivity contribution in [1.29, 1.82) is 0 Å². The Kier molecular flexibility index (Phi) is 8.42. The minimum absolute atomic E-state index is 0.291. The van der Waals surface area contributed by atoms with Crippen LogP contribution in [0.1, 0.15) is 41.7 Å². The molecule has 1 unspecified atom stereocenters. The molecule has 0 N–H and O–H groups in total. The average molecular weight is 778 g/mol. The molecule has 2 aliphatic rings. The van der Waals surface area contributed by atoms with Crippen molar-refractivity contribution in [2.45, 2.75) is 24.9 Å². The number of benzene rings is 7. The quantitative estimate of drug-likeness (QED) is 0.161. The monoisotopic (exact) mass is 777 g/mol. The standard InChI is InChI=1S/C51H37F2N3O3/c1-50(2)41-18-12-11-17-37(41)44-39-28-42(57-3)43(58-4)29-40(39)46-38(45(44)50)23-24-51(59-46,34-25-35(52)27-36(53)26-34)33-21-19-32(20-22-33)49-55-47(30-13-7-5-8-14-30)54-48(56-49)31-15-9-6-10-16-31/h5-29H,1-4H3. The van der Waals surface area contributed by atoms with Crippen LogP contribution in [0.2, 0.25) is 0 Å². The predicted molar refractivity (Wildman–Crippen MR) is 228 cm³/mol. The molecule has 0 saturated heterocycles. The number of halogens is 2. The van der Waals surface area contributed by atoms with Crippen LogP contribution in [0.3, 0.4) is 0 Å². The zero-order valence-electron chi connectivity index (χ0n) is 32.8. The lowest BCUT2D eigenvalue weighted by molar-refractivity contribution is 0.162. The number of fused-ring (bicyclic) bond motifs is 8. The third kappa shape index (κ3) is 5.77. The summed E-state index contributed by atoms with van der Waals surface area (Å²) in [4.78, 5) is 14.7. The van der Waals surface area contributed by atoms with E-state index in [4.69, 9.17) is 29.2 Å². The van der Waals surface area contributed by atoms with Gasteiger partial charge in [-0.05, 0) is 58.0 Å². The molecule has 0 bridgehead atoms. The summed E-state index contributed by atoms with van der Waals surface area (Å²) < 4.78 is 49.6. The fourth-order valence-electron chi connectivity index (χ4n) is 8.83. The third-order valence-corrected chi connectivity index (χ3v) is 11.6. The molecule has 8 aromatic rings. The molecule has 7 aromatic carbocycles. The van der Waals surface area contributed by atoms with E-state index >= 15 is 8.78 Å². The first-order valence-electron chi connectivity index (χ1n) is 19.4. The number of methoxy groups -OCH3 is 2. The van der Waals surface area contributed by atoms with Crippen molar-refractivity contribution >= 4 is 16.8 Å². The summed E-state index contributed by atoms with van der Waals surface area (Å²) in [5, 5.41) is 1.69. The fraction of sp³-hybridized carbons (Fsp3) is 0.118. The topological polar surface area (TPSA) is 66.4 Å². The van der Waals surface area contributed by atoms with Crippen LogP contribution in [0.4, 0.5) is 8.78 Å². The van der Waals surface area contributed by atoms with Crippen LogP contribution < -0.4 is 14.2 Å². The zero-order chi connectivity index (χ0) is 40.5. The molecule has 59 heavy (non-hydrogen) atoms. The molecule has 1 aliphatic heterocycles. The van der Waals surface area contributed by atoms with E-state index in [1.165, 1.54) is 17.7 Å². The molecule has 0 saturated carbocycles. The van der Waals surface area contributed by atoms with Crippen molar-refractivity contribution in [3.05, 3.63) is 185 Å². The molecule has 288 valence electrons. The first-order valence-corrected chi connectivity index (χ1v) is 19.4. The molecule has 0 spiro atoms. The third-order valence-electron chi connectivity index (χ3n) is 11.6. The number of ether oxygens (including phenoxy) is 3. The van der Waals surface area contributed by atoms with Crippen LogP contribution in [-0.2, 0) is 11.0 Å². The second-order valence-electron chi connectivity index (χ2n) is 15.4.